The zero-order valence-corrected chi connectivity index (χ0v) is 16.8. The Bertz CT molecular complexity index is 800. The number of hydrogen-bond acceptors (Lipinski definition) is 9. The monoisotopic (exact) mass is 402 g/mol. The van der Waals surface area contributed by atoms with Crippen molar-refractivity contribution in [3.63, 3.8) is 0 Å². The number of aliphatic carboxylic acids is 1. The molecule has 0 aromatic heterocycles. The zero-order chi connectivity index (χ0) is 19.8. The Hall–Kier alpha value is -2.18. The third kappa shape index (κ3) is 3.98. The summed E-state index contributed by atoms with van der Waals surface area (Å²) in [5, 5.41) is 33.3. The van der Waals surface area contributed by atoms with Crippen LogP contribution < -0.4 is 40.0 Å². The normalized spacial score (nSPS) is 25.0. The number of phenols is 1. The Kier molecular flexibility index (Phi) is 6.67. The first kappa shape index (κ1) is 22.1. The molecular weight excluding hydrogens is 387 g/mol. The number of benzene rings is 1. The Balaban J connectivity index is 0.00000280. The number of carbonyl (C=O) groups is 4. The summed E-state index contributed by atoms with van der Waals surface area (Å²) in [6.45, 7) is -0.417. The number of carboxylic acid groups (broad SMARTS) is 1. The van der Waals surface area contributed by atoms with Crippen LogP contribution in [0.15, 0.2) is 24.3 Å². The van der Waals surface area contributed by atoms with Crippen molar-refractivity contribution in [2.24, 2.45) is 0 Å². The van der Waals surface area contributed by atoms with E-state index in [1.807, 2.05) is 0 Å². The number of hydrogen-bond donors (Lipinski definition) is 3. The van der Waals surface area contributed by atoms with E-state index in [0.29, 0.717) is 5.06 Å². The van der Waals surface area contributed by atoms with Gasteiger partial charge in [-0.25, -0.2) is 0 Å². The van der Waals surface area contributed by atoms with Crippen LogP contribution in [0, 0.1) is 0 Å². The second kappa shape index (κ2) is 8.45. The largest absolute Gasteiger partial charge is 1.00 e. The van der Waals surface area contributed by atoms with Gasteiger partial charge in [0.25, 0.3) is 17.5 Å². The average molecular weight is 402 g/mol. The first-order chi connectivity index (χ1) is 12.7. The van der Waals surface area contributed by atoms with Gasteiger partial charge in [-0.3, -0.25) is 19.2 Å². The molecule has 2 amide bonds. The number of nitrogens with zero attached hydrogens (tertiary/aromatic N) is 1. The van der Waals surface area contributed by atoms with E-state index in [2.05, 4.69) is 5.32 Å². The van der Waals surface area contributed by atoms with Crippen LogP contribution in [-0.4, -0.2) is 57.4 Å². The number of ether oxygens (including phenoxy) is 1. The first-order valence-electron chi connectivity index (χ1n) is 7.92. The molecule has 3 rings (SSSR count). The third-order valence-electron chi connectivity index (χ3n) is 4.24. The van der Waals surface area contributed by atoms with E-state index in [1.54, 1.807) is 0 Å². The summed E-state index contributed by atoms with van der Waals surface area (Å²) in [6.07, 6.45) is -2.22. The van der Waals surface area contributed by atoms with Crippen molar-refractivity contribution in [2.75, 3.05) is 6.61 Å². The maximum atomic E-state index is 12.4. The number of cyclic esters (lactones) is 1. The van der Waals surface area contributed by atoms with Gasteiger partial charge in [0.2, 0.25) is 0 Å². The molecule has 0 aliphatic carbocycles. The fourth-order valence-electron chi connectivity index (χ4n) is 2.80. The molecule has 2 heterocycles. The molecule has 3 N–H and O–H groups in total. The van der Waals surface area contributed by atoms with Crippen molar-refractivity contribution >= 4 is 23.8 Å². The molecule has 12 heteroatoms. The smallest absolute Gasteiger partial charge is 0.544 e. The van der Waals surface area contributed by atoms with E-state index in [1.165, 1.54) is 24.3 Å². The average Bonchev–Trinajstić information content (AvgIpc) is 3.19. The Labute approximate surface area is 180 Å². The van der Waals surface area contributed by atoms with Crippen molar-refractivity contribution in [2.45, 2.75) is 30.7 Å². The van der Waals surface area contributed by atoms with Crippen LogP contribution in [0.2, 0.25) is 0 Å². The van der Waals surface area contributed by atoms with E-state index < -0.39 is 48.2 Å². The van der Waals surface area contributed by atoms with Gasteiger partial charge in [0, 0.05) is 6.42 Å². The molecule has 144 valence electrons. The van der Waals surface area contributed by atoms with Crippen LogP contribution in [-0.2, 0) is 28.8 Å². The quantitative estimate of drug-likeness (QED) is 0.322. The number of carboxylic acids is 1. The summed E-state index contributed by atoms with van der Waals surface area (Å²) < 4.78 is 4.74. The molecule has 2 saturated heterocycles. The van der Waals surface area contributed by atoms with Crippen LogP contribution in [0.4, 0.5) is 0 Å². The molecule has 2 aliphatic rings. The van der Waals surface area contributed by atoms with Gasteiger partial charge in [0.05, 0.1) is 6.42 Å². The molecule has 2 unspecified atom stereocenters. The minimum atomic E-state index is -2.39. The van der Waals surface area contributed by atoms with Gasteiger partial charge < -0.3 is 30.2 Å². The van der Waals surface area contributed by atoms with E-state index in [4.69, 9.17) is 9.57 Å². The fraction of sp³-hybridized carbons (Fsp3) is 0.375. The molecule has 1 aromatic rings. The number of hydroxylamine groups is 2. The predicted octanol–water partition coefficient (Wildman–Crippen LogP) is -5.53. The number of amides is 2. The Morgan fingerprint density at radius 2 is 1.93 bits per heavy atom. The molecule has 0 bridgehead atoms. The number of rotatable bonds is 5. The number of phenolic OH excluding ortho intramolecular Hbond substituents is 1. The van der Waals surface area contributed by atoms with Gasteiger partial charge in [0.15, 0.2) is 6.10 Å². The molecule has 0 radical (unpaired) electrons. The summed E-state index contributed by atoms with van der Waals surface area (Å²) in [6, 6.07) is 3.90. The van der Waals surface area contributed by atoms with Crippen molar-refractivity contribution in [1.82, 2.24) is 10.4 Å². The van der Waals surface area contributed by atoms with Gasteiger partial charge >= 0.3 is 35.5 Å². The Morgan fingerprint density at radius 1 is 1.29 bits per heavy atom. The second-order valence-electron chi connectivity index (χ2n) is 6.03. The number of carbonyl (C=O) groups excluding carboxylic acids is 4. The summed E-state index contributed by atoms with van der Waals surface area (Å²) in [5.74, 6) is -4.60. The van der Waals surface area contributed by atoms with Crippen molar-refractivity contribution < 1.29 is 73.6 Å². The van der Waals surface area contributed by atoms with Crippen LogP contribution in [0.1, 0.15) is 24.5 Å². The predicted molar refractivity (Wildman–Crippen MR) is 80.9 cm³/mol. The van der Waals surface area contributed by atoms with E-state index >= 15 is 0 Å². The minimum Gasteiger partial charge on any atom is -0.544 e. The van der Waals surface area contributed by atoms with Crippen molar-refractivity contribution in [3.8, 4) is 5.75 Å². The Morgan fingerprint density at radius 3 is 2.46 bits per heavy atom. The third-order valence-corrected chi connectivity index (χ3v) is 4.24. The molecule has 1 aromatic carbocycles. The van der Waals surface area contributed by atoms with E-state index in [9.17, 15) is 34.5 Å². The maximum Gasteiger partial charge on any atom is 1.00 e. The molecular formula is C16H15N2NaO9. The SMILES string of the molecule is O=C1CCC(C(=O)[O-])(N2OC[C@H](NC(=O)C(O)c3ccc(O)cc3)C2=O)O1.[Na+]. The number of aliphatic hydroxyl groups is 1. The van der Waals surface area contributed by atoms with Crippen LogP contribution in [0.25, 0.3) is 0 Å². The molecule has 2 aliphatic heterocycles. The maximum absolute atomic E-state index is 12.4. The number of nitrogens with one attached hydrogen (secondary N) is 1. The molecule has 11 nitrogen and oxygen atoms in total. The molecule has 2 fully saturated rings. The van der Waals surface area contributed by atoms with E-state index in [0.717, 1.165) is 0 Å². The van der Waals surface area contributed by atoms with Crippen molar-refractivity contribution in [1.29, 1.82) is 0 Å². The van der Waals surface area contributed by atoms with Crippen LogP contribution >= 0.6 is 0 Å². The van der Waals surface area contributed by atoms with Gasteiger partial charge in [0.1, 0.15) is 24.4 Å². The van der Waals surface area contributed by atoms with Gasteiger partial charge in [-0.2, -0.15) is 5.06 Å². The van der Waals surface area contributed by atoms with Crippen LogP contribution in [0.5, 0.6) is 5.75 Å². The number of aromatic hydroxyl groups is 1. The number of aliphatic hydroxyl groups excluding tert-OH is 1. The van der Waals surface area contributed by atoms with E-state index in [-0.39, 0.29) is 53.7 Å². The van der Waals surface area contributed by atoms with Gasteiger partial charge in [-0.05, 0) is 17.7 Å². The first-order valence-corrected chi connectivity index (χ1v) is 7.92. The fourth-order valence-corrected chi connectivity index (χ4v) is 2.80. The number of esters is 1. The minimum absolute atomic E-state index is 0. The van der Waals surface area contributed by atoms with Crippen molar-refractivity contribution in [3.05, 3.63) is 29.8 Å². The second-order valence-corrected chi connectivity index (χ2v) is 6.03. The zero-order valence-electron chi connectivity index (χ0n) is 14.8. The summed E-state index contributed by atoms with van der Waals surface area (Å²) >= 11 is 0. The summed E-state index contributed by atoms with van der Waals surface area (Å²) in [7, 11) is 0. The topological polar surface area (TPSA) is 166 Å². The molecule has 3 atom stereocenters. The van der Waals surface area contributed by atoms with Crippen LogP contribution in [0.3, 0.4) is 0 Å². The summed E-state index contributed by atoms with van der Waals surface area (Å²) in [4.78, 5) is 52.4. The molecule has 0 saturated carbocycles. The molecule has 0 spiro atoms. The summed E-state index contributed by atoms with van der Waals surface area (Å²) in [5.41, 5.74) is -2.21. The van der Waals surface area contributed by atoms with Gasteiger partial charge in [-0.15, -0.1) is 0 Å². The van der Waals surface area contributed by atoms with Gasteiger partial charge in [-0.1, -0.05) is 12.1 Å². The standard InChI is InChI=1S/C16H16N2O9.Na/c19-9-3-1-8(2-4-9)12(21)13(22)17-10-7-26-18(14(10)23)16(15(24)25)6-5-11(20)27-16;/h1-4,10,12,19,21H,5-7H2,(H,17,22)(H,24,25);/q;+1/p-1/t10-,12?,16?;/m0./s1. The molecule has 28 heavy (non-hydrogen) atoms.